The smallest absolute Gasteiger partial charge is 0.262 e. The van der Waals surface area contributed by atoms with Crippen LogP contribution in [0.4, 0.5) is 0 Å². The number of nitrogens with zero attached hydrogens (tertiary/aromatic N) is 2. The van der Waals surface area contributed by atoms with E-state index in [0.29, 0.717) is 11.3 Å². The summed E-state index contributed by atoms with van der Waals surface area (Å²) in [5.41, 5.74) is 7.52. The number of hydrogen-bond acceptors (Lipinski definition) is 5. The molecule has 2 aromatic heterocycles. The third-order valence-corrected chi connectivity index (χ3v) is 4.66. The van der Waals surface area contributed by atoms with Gasteiger partial charge in [-0.3, -0.25) is 5.10 Å². The van der Waals surface area contributed by atoms with Gasteiger partial charge in [0, 0.05) is 37.0 Å². The first kappa shape index (κ1) is 13.8. The molecule has 0 fully saturated rings. The number of hydrogen-bond donors (Lipinski definition) is 2. The van der Waals surface area contributed by atoms with E-state index in [9.17, 15) is 8.42 Å². The molecule has 0 aliphatic carbocycles. The largest absolute Gasteiger partial charge is 0.472 e. The fourth-order valence-corrected chi connectivity index (χ4v) is 3.08. The Labute approximate surface area is 111 Å². The Bertz CT molecular complexity index is 646. The number of rotatable bonds is 5. The predicted molar refractivity (Wildman–Crippen MR) is 68.6 cm³/mol. The van der Waals surface area contributed by atoms with Crippen LogP contribution in [0.3, 0.4) is 0 Å². The molecular weight excluding hydrogens is 268 g/mol. The normalized spacial score (nSPS) is 12.2. The van der Waals surface area contributed by atoms with Crippen LogP contribution < -0.4 is 5.73 Å². The maximum atomic E-state index is 12.4. The molecule has 0 atom stereocenters. The molecule has 19 heavy (non-hydrogen) atoms. The van der Waals surface area contributed by atoms with Gasteiger partial charge in [0.1, 0.15) is 0 Å². The molecule has 0 bridgehead atoms. The van der Waals surface area contributed by atoms with E-state index in [-0.39, 0.29) is 18.1 Å². The van der Waals surface area contributed by atoms with Crippen LogP contribution in [0.15, 0.2) is 28.0 Å². The molecule has 0 unspecified atom stereocenters. The standard InChI is InChI=1S/C11H16N4O3S/c1-8-10(5-12)11(14-13-8)19(16,17)15(2)6-9-3-4-18-7-9/h3-4,7H,5-6,12H2,1-2H3,(H,13,14). The number of H-pyrrole nitrogens is 1. The summed E-state index contributed by atoms with van der Waals surface area (Å²) in [6, 6.07) is 1.71. The van der Waals surface area contributed by atoms with Gasteiger partial charge in [-0.25, -0.2) is 8.42 Å². The Morgan fingerprint density at radius 1 is 1.53 bits per heavy atom. The number of sulfonamides is 1. The van der Waals surface area contributed by atoms with E-state index in [1.54, 1.807) is 13.0 Å². The SMILES string of the molecule is Cc1[nH]nc(S(=O)(=O)N(C)Cc2ccoc2)c1CN. The van der Waals surface area contributed by atoms with E-state index in [1.165, 1.54) is 23.9 Å². The van der Waals surface area contributed by atoms with E-state index < -0.39 is 10.0 Å². The third-order valence-electron chi connectivity index (χ3n) is 2.88. The molecule has 2 aromatic rings. The van der Waals surface area contributed by atoms with E-state index in [0.717, 1.165) is 5.56 Å². The van der Waals surface area contributed by atoms with Crippen molar-refractivity contribution in [2.45, 2.75) is 25.0 Å². The summed E-state index contributed by atoms with van der Waals surface area (Å²) < 4.78 is 31.0. The van der Waals surface area contributed by atoms with Crippen molar-refractivity contribution >= 4 is 10.0 Å². The molecule has 3 N–H and O–H groups in total. The lowest BCUT2D eigenvalue weighted by Gasteiger charge is -2.15. The summed E-state index contributed by atoms with van der Waals surface area (Å²) in [5.74, 6) is 0. The number of nitrogens with two attached hydrogens (primary N) is 1. The average Bonchev–Trinajstić information content (AvgIpc) is 2.98. The number of aromatic amines is 1. The van der Waals surface area contributed by atoms with Crippen molar-refractivity contribution in [1.82, 2.24) is 14.5 Å². The van der Waals surface area contributed by atoms with Crippen molar-refractivity contribution in [2.75, 3.05) is 7.05 Å². The highest BCUT2D eigenvalue weighted by Gasteiger charge is 2.27. The van der Waals surface area contributed by atoms with Crippen LogP contribution in [0, 0.1) is 6.92 Å². The molecule has 0 aromatic carbocycles. The Morgan fingerprint density at radius 3 is 2.84 bits per heavy atom. The van der Waals surface area contributed by atoms with Crippen LogP contribution in [0.1, 0.15) is 16.8 Å². The summed E-state index contributed by atoms with van der Waals surface area (Å²) in [4.78, 5) is 0. The molecular formula is C11H16N4O3S. The van der Waals surface area contributed by atoms with Gasteiger partial charge in [-0.2, -0.15) is 9.40 Å². The maximum Gasteiger partial charge on any atom is 0.262 e. The minimum atomic E-state index is -3.67. The van der Waals surface area contributed by atoms with Crippen molar-refractivity contribution in [1.29, 1.82) is 0 Å². The fraction of sp³-hybridized carbons (Fsp3) is 0.364. The van der Waals surface area contributed by atoms with E-state index in [4.69, 9.17) is 10.2 Å². The zero-order chi connectivity index (χ0) is 14.0. The molecule has 0 radical (unpaired) electrons. The fourth-order valence-electron chi connectivity index (χ4n) is 1.76. The van der Waals surface area contributed by atoms with Crippen LogP contribution in [0.5, 0.6) is 0 Å². The average molecular weight is 284 g/mol. The van der Waals surface area contributed by atoms with Gasteiger partial charge >= 0.3 is 0 Å². The third kappa shape index (κ3) is 2.55. The lowest BCUT2D eigenvalue weighted by Crippen LogP contribution is -2.27. The maximum absolute atomic E-state index is 12.4. The predicted octanol–water partition coefficient (Wildman–Crippen LogP) is 0.591. The van der Waals surface area contributed by atoms with Gasteiger partial charge in [-0.15, -0.1) is 0 Å². The Hall–Kier alpha value is -1.64. The number of aryl methyl sites for hydroxylation is 1. The zero-order valence-electron chi connectivity index (χ0n) is 10.8. The minimum absolute atomic E-state index is 0.0153. The van der Waals surface area contributed by atoms with Crippen LogP contribution in [-0.4, -0.2) is 30.0 Å². The van der Waals surface area contributed by atoms with Crippen molar-refractivity contribution < 1.29 is 12.8 Å². The van der Waals surface area contributed by atoms with Gasteiger partial charge in [-0.1, -0.05) is 0 Å². The highest BCUT2D eigenvalue weighted by atomic mass is 32.2. The summed E-state index contributed by atoms with van der Waals surface area (Å²) in [6.45, 7) is 2.08. The van der Waals surface area contributed by atoms with Crippen molar-refractivity contribution in [2.24, 2.45) is 5.73 Å². The van der Waals surface area contributed by atoms with E-state index in [1.807, 2.05) is 0 Å². The quantitative estimate of drug-likeness (QED) is 0.836. The lowest BCUT2D eigenvalue weighted by molar-refractivity contribution is 0.459. The second-order valence-electron chi connectivity index (χ2n) is 4.23. The number of aromatic nitrogens is 2. The van der Waals surface area contributed by atoms with E-state index in [2.05, 4.69) is 10.2 Å². The second kappa shape index (κ2) is 5.16. The molecule has 7 nitrogen and oxygen atoms in total. The van der Waals surface area contributed by atoms with Gasteiger partial charge in [0.05, 0.1) is 12.5 Å². The first-order chi connectivity index (χ1) is 8.96. The topological polar surface area (TPSA) is 105 Å². The van der Waals surface area contributed by atoms with Crippen LogP contribution >= 0.6 is 0 Å². The monoisotopic (exact) mass is 284 g/mol. The molecule has 2 rings (SSSR count). The lowest BCUT2D eigenvalue weighted by atomic mass is 10.3. The van der Waals surface area contributed by atoms with E-state index >= 15 is 0 Å². The van der Waals surface area contributed by atoms with Crippen LogP contribution in [0.2, 0.25) is 0 Å². The zero-order valence-corrected chi connectivity index (χ0v) is 11.6. The van der Waals surface area contributed by atoms with Gasteiger partial charge in [0.2, 0.25) is 0 Å². The van der Waals surface area contributed by atoms with Gasteiger partial charge in [0.15, 0.2) is 5.03 Å². The molecule has 0 spiro atoms. The molecule has 8 heteroatoms. The Morgan fingerprint density at radius 2 is 2.26 bits per heavy atom. The summed E-state index contributed by atoms with van der Waals surface area (Å²) in [5, 5.41) is 6.49. The first-order valence-electron chi connectivity index (χ1n) is 5.68. The van der Waals surface area contributed by atoms with Crippen molar-refractivity contribution in [3.05, 3.63) is 35.4 Å². The molecule has 0 saturated carbocycles. The summed E-state index contributed by atoms with van der Waals surface area (Å²) in [7, 11) is -2.17. The molecule has 104 valence electrons. The van der Waals surface area contributed by atoms with Crippen LogP contribution in [-0.2, 0) is 23.1 Å². The van der Waals surface area contributed by atoms with Gasteiger partial charge in [-0.05, 0) is 13.0 Å². The highest BCUT2D eigenvalue weighted by Crippen LogP contribution is 2.20. The summed E-state index contributed by atoms with van der Waals surface area (Å²) in [6.07, 6.45) is 3.01. The van der Waals surface area contributed by atoms with Gasteiger partial charge in [0.25, 0.3) is 10.0 Å². The molecule has 0 aliphatic rings. The number of nitrogens with one attached hydrogen (secondary N) is 1. The number of furan rings is 1. The highest BCUT2D eigenvalue weighted by molar-refractivity contribution is 7.89. The Balaban J connectivity index is 2.31. The summed E-state index contributed by atoms with van der Waals surface area (Å²) >= 11 is 0. The molecule has 0 amide bonds. The van der Waals surface area contributed by atoms with Crippen molar-refractivity contribution in [3.8, 4) is 0 Å². The first-order valence-corrected chi connectivity index (χ1v) is 7.12. The Kier molecular flexibility index (Phi) is 3.74. The second-order valence-corrected chi connectivity index (χ2v) is 6.19. The molecule has 0 aliphatic heterocycles. The van der Waals surface area contributed by atoms with Gasteiger partial charge < -0.3 is 10.2 Å². The van der Waals surface area contributed by atoms with Crippen LogP contribution in [0.25, 0.3) is 0 Å². The van der Waals surface area contributed by atoms with Crippen molar-refractivity contribution in [3.63, 3.8) is 0 Å². The molecule has 2 heterocycles. The molecule has 0 saturated heterocycles. The minimum Gasteiger partial charge on any atom is -0.472 e.